The second kappa shape index (κ2) is 9.26. The average Bonchev–Trinajstić information content (AvgIpc) is 3.01. The average molecular weight is 345 g/mol. The number of hydrogen-bond acceptors (Lipinski definition) is 3. The van der Waals surface area contributed by atoms with Crippen molar-refractivity contribution in [3.63, 3.8) is 0 Å². The van der Waals surface area contributed by atoms with E-state index in [2.05, 4.69) is 12.5 Å². The van der Waals surface area contributed by atoms with Crippen LogP contribution in [-0.2, 0) is 14.4 Å². The van der Waals surface area contributed by atoms with Crippen LogP contribution < -0.4 is 0 Å². The number of likely N-dealkylation sites (tertiary alicyclic amines) is 2. The number of carbonyl (C=O) groups is 3. The van der Waals surface area contributed by atoms with E-state index >= 15 is 0 Å². The van der Waals surface area contributed by atoms with Crippen LogP contribution in [0, 0.1) is 18.3 Å². The molecule has 1 atom stereocenters. The summed E-state index contributed by atoms with van der Waals surface area (Å²) in [5.74, 6) is 2.57. The highest BCUT2D eigenvalue weighted by atomic mass is 16.2. The largest absolute Gasteiger partial charge is 0.343 e. The van der Waals surface area contributed by atoms with Gasteiger partial charge in [0.2, 0.25) is 17.7 Å². The summed E-state index contributed by atoms with van der Waals surface area (Å²) >= 11 is 0. The molecule has 6 heteroatoms. The lowest BCUT2D eigenvalue weighted by atomic mass is 9.95. The molecule has 0 aromatic heterocycles. The van der Waals surface area contributed by atoms with E-state index in [0.717, 1.165) is 19.4 Å². The Morgan fingerprint density at radius 2 is 2.00 bits per heavy atom. The maximum absolute atomic E-state index is 12.6. The molecule has 2 aliphatic rings. The van der Waals surface area contributed by atoms with Gasteiger partial charge in [0.1, 0.15) is 0 Å². The van der Waals surface area contributed by atoms with Crippen LogP contribution in [0.2, 0.25) is 0 Å². The molecule has 2 saturated heterocycles. The molecular formula is C19H27N3O3. The summed E-state index contributed by atoms with van der Waals surface area (Å²) in [6.07, 6.45) is 10.3. The second-order valence-electron chi connectivity index (χ2n) is 6.62. The third-order valence-corrected chi connectivity index (χ3v) is 4.82. The van der Waals surface area contributed by atoms with Gasteiger partial charge in [-0.1, -0.05) is 12.0 Å². The molecule has 0 spiro atoms. The molecule has 0 unspecified atom stereocenters. The molecule has 25 heavy (non-hydrogen) atoms. The zero-order chi connectivity index (χ0) is 18.2. The number of hydrogen-bond donors (Lipinski definition) is 0. The fourth-order valence-corrected chi connectivity index (χ4v) is 3.48. The summed E-state index contributed by atoms with van der Waals surface area (Å²) < 4.78 is 0. The zero-order valence-corrected chi connectivity index (χ0v) is 14.8. The Bertz CT molecular complexity index is 567. The van der Waals surface area contributed by atoms with E-state index < -0.39 is 0 Å². The van der Waals surface area contributed by atoms with Crippen LogP contribution in [0.5, 0.6) is 0 Å². The Kier molecular flexibility index (Phi) is 7.05. The molecule has 0 bridgehead atoms. The Balaban J connectivity index is 1.86. The van der Waals surface area contributed by atoms with Gasteiger partial charge in [-0.05, 0) is 19.3 Å². The van der Waals surface area contributed by atoms with Crippen LogP contribution in [0.15, 0.2) is 12.7 Å². The molecule has 2 heterocycles. The lowest BCUT2D eigenvalue weighted by Gasteiger charge is -2.34. The van der Waals surface area contributed by atoms with E-state index in [-0.39, 0.29) is 30.2 Å². The highest BCUT2D eigenvalue weighted by Gasteiger charge is 2.32. The first-order valence-corrected chi connectivity index (χ1v) is 8.95. The number of carbonyl (C=O) groups excluding carboxylic acids is 3. The first-order chi connectivity index (χ1) is 12.1. The number of nitrogens with zero attached hydrogens (tertiary/aromatic N) is 3. The van der Waals surface area contributed by atoms with Gasteiger partial charge < -0.3 is 14.7 Å². The fourth-order valence-electron chi connectivity index (χ4n) is 3.48. The van der Waals surface area contributed by atoms with Gasteiger partial charge in [-0.3, -0.25) is 14.4 Å². The topological polar surface area (TPSA) is 60.9 Å². The number of terminal acetylenes is 1. The van der Waals surface area contributed by atoms with Crippen molar-refractivity contribution in [1.29, 1.82) is 0 Å². The minimum absolute atomic E-state index is 0.00919. The maximum Gasteiger partial charge on any atom is 0.228 e. The van der Waals surface area contributed by atoms with Crippen molar-refractivity contribution >= 4 is 17.7 Å². The van der Waals surface area contributed by atoms with Gasteiger partial charge in [-0.2, -0.15) is 0 Å². The predicted octanol–water partition coefficient (Wildman–Crippen LogP) is 0.885. The van der Waals surface area contributed by atoms with Gasteiger partial charge in [0.25, 0.3) is 0 Å². The summed E-state index contributed by atoms with van der Waals surface area (Å²) in [7, 11) is 0. The monoisotopic (exact) mass is 345 g/mol. The molecule has 3 amide bonds. The number of piperidine rings is 1. The number of rotatable bonds is 8. The molecule has 0 N–H and O–H groups in total. The van der Waals surface area contributed by atoms with Gasteiger partial charge in [-0.25, -0.2) is 0 Å². The molecular weight excluding hydrogens is 318 g/mol. The van der Waals surface area contributed by atoms with Gasteiger partial charge in [-0.15, -0.1) is 13.0 Å². The van der Waals surface area contributed by atoms with Crippen molar-refractivity contribution in [3.8, 4) is 12.3 Å². The fraction of sp³-hybridized carbons (Fsp3) is 0.632. The first-order valence-electron chi connectivity index (χ1n) is 8.95. The minimum atomic E-state index is -0.209. The Hall–Kier alpha value is -2.29. The van der Waals surface area contributed by atoms with E-state index in [1.54, 1.807) is 15.9 Å². The maximum atomic E-state index is 12.6. The van der Waals surface area contributed by atoms with Gasteiger partial charge >= 0.3 is 0 Å². The number of amides is 3. The second-order valence-corrected chi connectivity index (χ2v) is 6.62. The van der Waals surface area contributed by atoms with E-state index in [4.69, 9.17) is 6.42 Å². The first kappa shape index (κ1) is 19.0. The molecule has 6 nitrogen and oxygen atoms in total. The van der Waals surface area contributed by atoms with Crippen LogP contribution in [0.3, 0.4) is 0 Å². The molecule has 0 radical (unpaired) electrons. The van der Waals surface area contributed by atoms with Crippen LogP contribution in [0.4, 0.5) is 0 Å². The van der Waals surface area contributed by atoms with E-state index in [0.29, 0.717) is 45.4 Å². The SMILES string of the molecule is C#CCN(CC=C)C(=O)[C@@H]1CCC(=O)N(CCCN2CCCC2=O)C1. The Morgan fingerprint density at radius 1 is 1.28 bits per heavy atom. The Morgan fingerprint density at radius 3 is 2.64 bits per heavy atom. The van der Waals surface area contributed by atoms with E-state index in [1.807, 2.05) is 4.90 Å². The van der Waals surface area contributed by atoms with Crippen LogP contribution >= 0.6 is 0 Å². The quantitative estimate of drug-likeness (QED) is 0.485. The summed E-state index contributed by atoms with van der Waals surface area (Å²) in [6, 6.07) is 0. The zero-order valence-electron chi connectivity index (χ0n) is 14.8. The molecule has 136 valence electrons. The molecule has 2 rings (SSSR count). The summed E-state index contributed by atoms with van der Waals surface area (Å²) in [6.45, 7) is 6.86. The smallest absolute Gasteiger partial charge is 0.228 e. The molecule has 0 aromatic carbocycles. The molecule has 0 saturated carbocycles. The third kappa shape index (κ3) is 5.09. The standard InChI is InChI=1S/C19H27N3O3/c1-3-10-21(11-4-2)19(25)16-8-9-18(24)22(15-16)14-6-13-20-12-5-7-17(20)23/h1,4,16H,2,5-15H2/t16-/m1/s1. The summed E-state index contributed by atoms with van der Waals surface area (Å²) in [4.78, 5) is 41.6. The van der Waals surface area contributed by atoms with Gasteiger partial charge in [0.05, 0.1) is 12.5 Å². The van der Waals surface area contributed by atoms with Crippen molar-refractivity contribution in [2.24, 2.45) is 5.92 Å². The van der Waals surface area contributed by atoms with Crippen molar-refractivity contribution in [2.75, 3.05) is 39.3 Å². The van der Waals surface area contributed by atoms with E-state index in [1.165, 1.54) is 0 Å². The van der Waals surface area contributed by atoms with Crippen molar-refractivity contribution in [3.05, 3.63) is 12.7 Å². The van der Waals surface area contributed by atoms with E-state index in [9.17, 15) is 14.4 Å². The highest BCUT2D eigenvalue weighted by molar-refractivity contribution is 5.84. The third-order valence-electron chi connectivity index (χ3n) is 4.82. The highest BCUT2D eigenvalue weighted by Crippen LogP contribution is 2.20. The molecule has 0 aromatic rings. The predicted molar refractivity (Wildman–Crippen MR) is 95.3 cm³/mol. The lowest BCUT2D eigenvalue weighted by molar-refractivity contribution is -0.142. The van der Waals surface area contributed by atoms with Crippen LogP contribution in [0.25, 0.3) is 0 Å². The summed E-state index contributed by atoms with van der Waals surface area (Å²) in [5.41, 5.74) is 0. The van der Waals surface area contributed by atoms with Crippen molar-refractivity contribution in [2.45, 2.75) is 32.1 Å². The minimum Gasteiger partial charge on any atom is -0.343 e. The van der Waals surface area contributed by atoms with Crippen LogP contribution in [0.1, 0.15) is 32.1 Å². The van der Waals surface area contributed by atoms with Gasteiger partial charge in [0, 0.05) is 45.6 Å². The molecule has 2 aliphatic heterocycles. The summed E-state index contributed by atoms with van der Waals surface area (Å²) in [5, 5.41) is 0. The van der Waals surface area contributed by atoms with Crippen LogP contribution in [-0.4, -0.2) is 71.7 Å². The van der Waals surface area contributed by atoms with Gasteiger partial charge in [0.15, 0.2) is 0 Å². The molecule has 0 aliphatic carbocycles. The molecule has 2 fully saturated rings. The van der Waals surface area contributed by atoms with Crippen molar-refractivity contribution in [1.82, 2.24) is 14.7 Å². The van der Waals surface area contributed by atoms with Crippen molar-refractivity contribution < 1.29 is 14.4 Å². The normalized spacial score (nSPS) is 20.5. The Labute approximate surface area is 149 Å². The lowest BCUT2D eigenvalue weighted by Crippen LogP contribution is -2.47.